The lowest BCUT2D eigenvalue weighted by Gasteiger charge is -2.28. The fourth-order valence-corrected chi connectivity index (χ4v) is 5.50. The predicted octanol–water partition coefficient (Wildman–Crippen LogP) is 4.28. The van der Waals surface area contributed by atoms with Gasteiger partial charge in [0.1, 0.15) is 5.54 Å². The van der Waals surface area contributed by atoms with Crippen LogP contribution in [0.25, 0.3) is 6.08 Å². The average Bonchev–Trinajstić information content (AvgIpc) is 3.17. The van der Waals surface area contributed by atoms with E-state index in [1.807, 2.05) is 56.3 Å². The zero-order valence-corrected chi connectivity index (χ0v) is 16.3. The Hall–Kier alpha value is -2.66. The third-order valence-electron chi connectivity index (χ3n) is 5.25. The Morgan fingerprint density at radius 2 is 1.63 bits per heavy atom. The summed E-state index contributed by atoms with van der Waals surface area (Å²) in [4.78, 5) is 5.19. The van der Waals surface area contributed by atoms with Crippen LogP contribution < -0.4 is 0 Å². The molecule has 0 saturated carbocycles. The highest BCUT2D eigenvalue weighted by molar-refractivity contribution is 7.89. The molecule has 1 fully saturated rings. The number of aliphatic imine (C=N–C) groups is 1. The molecule has 0 unspecified atom stereocenters. The van der Waals surface area contributed by atoms with Crippen molar-refractivity contribution < 1.29 is 8.42 Å². The minimum absolute atomic E-state index is 0.307. The maximum atomic E-state index is 13.4. The van der Waals surface area contributed by atoms with E-state index in [1.165, 1.54) is 4.31 Å². The average molecular weight is 378 g/mol. The van der Waals surface area contributed by atoms with E-state index >= 15 is 0 Å². The van der Waals surface area contributed by atoms with Crippen molar-refractivity contribution in [2.75, 3.05) is 6.54 Å². The van der Waals surface area contributed by atoms with E-state index in [1.54, 1.807) is 24.3 Å². The molecule has 5 heteroatoms. The molecule has 1 saturated heterocycles. The summed E-state index contributed by atoms with van der Waals surface area (Å²) in [6.07, 6.45) is 4.67. The van der Waals surface area contributed by atoms with E-state index in [0.29, 0.717) is 17.9 Å². The van der Waals surface area contributed by atoms with Gasteiger partial charge >= 0.3 is 0 Å². The Labute approximate surface area is 160 Å². The second-order valence-corrected chi connectivity index (χ2v) is 8.88. The summed E-state index contributed by atoms with van der Waals surface area (Å²) < 4.78 is 28.3. The van der Waals surface area contributed by atoms with Gasteiger partial charge in [0, 0.05) is 18.7 Å². The van der Waals surface area contributed by atoms with Gasteiger partial charge in [-0.05, 0) is 49.3 Å². The van der Waals surface area contributed by atoms with E-state index in [-0.39, 0.29) is 0 Å². The van der Waals surface area contributed by atoms with E-state index in [4.69, 9.17) is 4.99 Å². The SMILES string of the molecule is CC1=CC(C)=N[C@]12CCN(S(=O)(=O)c1ccccc1)/C2=C/c1ccccc1. The molecule has 0 radical (unpaired) electrons. The summed E-state index contributed by atoms with van der Waals surface area (Å²) >= 11 is 0. The monoisotopic (exact) mass is 378 g/mol. The maximum Gasteiger partial charge on any atom is 0.264 e. The number of nitrogens with zero attached hydrogens (tertiary/aromatic N) is 2. The number of allylic oxidation sites excluding steroid dienone is 1. The molecule has 2 aliphatic rings. The van der Waals surface area contributed by atoms with Crippen molar-refractivity contribution in [3.63, 3.8) is 0 Å². The molecule has 0 aromatic heterocycles. The standard InChI is InChI=1S/C22H22N2O2S/c1-17-15-18(2)23-22(17)13-14-24(21(22)16-19-9-5-3-6-10-19)27(25,26)20-11-7-4-8-12-20/h3-12,15-16H,13-14H2,1-2H3/b21-16+/t22-/m1/s1. The molecule has 1 atom stereocenters. The van der Waals surface area contributed by atoms with Gasteiger partial charge in [-0.1, -0.05) is 48.5 Å². The van der Waals surface area contributed by atoms with Gasteiger partial charge in [-0.3, -0.25) is 9.30 Å². The Kier molecular flexibility index (Phi) is 4.27. The Bertz CT molecular complexity index is 1050. The van der Waals surface area contributed by atoms with Crippen molar-refractivity contribution >= 4 is 21.8 Å². The number of sulfonamides is 1. The fraction of sp³-hybridized carbons (Fsp3) is 0.227. The van der Waals surface area contributed by atoms with Crippen LogP contribution >= 0.6 is 0 Å². The molecule has 0 bridgehead atoms. The first-order valence-electron chi connectivity index (χ1n) is 9.04. The van der Waals surface area contributed by atoms with Crippen LogP contribution in [-0.2, 0) is 10.0 Å². The molecule has 2 heterocycles. The summed E-state index contributed by atoms with van der Waals surface area (Å²) in [6, 6.07) is 18.4. The van der Waals surface area contributed by atoms with Gasteiger partial charge in [0.15, 0.2) is 0 Å². The molecule has 0 aliphatic carbocycles. The van der Waals surface area contributed by atoms with E-state index < -0.39 is 15.6 Å². The van der Waals surface area contributed by atoms with Crippen LogP contribution in [0.3, 0.4) is 0 Å². The third kappa shape index (κ3) is 2.92. The molecule has 0 N–H and O–H groups in total. The van der Waals surface area contributed by atoms with Crippen LogP contribution in [0.15, 0.2) is 87.9 Å². The molecule has 0 amide bonds. The van der Waals surface area contributed by atoms with Gasteiger partial charge in [-0.25, -0.2) is 8.42 Å². The van der Waals surface area contributed by atoms with Crippen LogP contribution in [-0.4, -0.2) is 30.5 Å². The number of benzene rings is 2. The van der Waals surface area contributed by atoms with Gasteiger partial charge in [0.25, 0.3) is 10.0 Å². The minimum Gasteiger partial charge on any atom is -0.273 e. The minimum atomic E-state index is -3.64. The molecule has 27 heavy (non-hydrogen) atoms. The van der Waals surface area contributed by atoms with Crippen LogP contribution in [0.4, 0.5) is 0 Å². The van der Waals surface area contributed by atoms with Crippen molar-refractivity contribution in [2.45, 2.75) is 30.7 Å². The van der Waals surface area contributed by atoms with Crippen LogP contribution in [0.2, 0.25) is 0 Å². The van der Waals surface area contributed by atoms with Gasteiger partial charge < -0.3 is 0 Å². The van der Waals surface area contributed by atoms with E-state index in [2.05, 4.69) is 6.08 Å². The number of hydrogen-bond acceptors (Lipinski definition) is 3. The van der Waals surface area contributed by atoms with Crippen molar-refractivity contribution in [1.29, 1.82) is 0 Å². The molecule has 4 rings (SSSR count). The molecular weight excluding hydrogens is 356 g/mol. The van der Waals surface area contributed by atoms with Crippen molar-refractivity contribution in [2.24, 2.45) is 4.99 Å². The predicted molar refractivity (Wildman–Crippen MR) is 109 cm³/mol. The zero-order chi connectivity index (χ0) is 19.1. The first-order valence-corrected chi connectivity index (χ1v) is 10.5. The summed E-state index contributed by atoms with van der Waals surface area (Å²) in [5.41, 5.74) is 3.12. The molecule has 138 valence electrons. The van der Waals surface area contributed by atoms with Crippen molar-refractivity contribution in [3.8, 4) is 0 Å². The summed E-state index contributed by atoms with van der Waals surface area (Å²) in [5, 5.41) is 0. The normalized spacial score (nSPS) is 23.8. The molecule has 4 nitrogen and oxygen atoms in total. The Balaban J connectivity index is 1.88. The summed E-state index contributed by atoms with van der Waals surface area (Å²) in [5.74, 6) is 0. The van der Waals surface area contributed by atoms with Crippen LogP contribution in [0, 0.1) is 0 Å². The highest BCUT2D eigenvalue weighted by Gasteiger charge is 2.49. The highest BCUT2D eigenvalue weighted by atomic mass is 32.2. The second kappa shape index (κ2) is 6.50. The van der Waals surface area contributed by atoms with Crippen LogP contribution in [0.1, 0.15) is 25.8 Å². The molecule has 2 aromatic rings. The number of hydrogen-bond donors (Lipinski definition) is 0. The topological polar surface area (TPSA) is 49.7 Å². The van der Waals surface area contributed by atoms with Gasteiger partial charge in [-0.15, -0.1) is 0 Å². The lowest BCUT2D eigenvalue weighted by atomic mass is 9.88. The van der Waals surface area contributed by atoms with Crippen molar-refractivity contribution in [1.82, 2.24) is 4.31 Å². The van der Waals surface area contributed by atoms with Gasteiger partial charge in [0.05, 0.1) is 10.6 Å². The van der Waals surface area contributed by atoms with E-state index in [0.717, 1.165) is 22.5 Å². The fourth-order valence-electron chi connectivity index (χ4n) is 3.95. The summed E-state index contributed by atoms with van der Waals surface area (Å²) in [6.45, 7) is 4.42. The number of rotatable bonds is 3. The third-order valence-corrected chi connectivity index (χ3v) is 7.08. The Morgan fingerprint density at radius 1 is 1.00 bits per heavy atom. The lowest BCUT2D eigenvalue weighted by Crippen LogP contribution is -2.32. The molecule has 2 aromatic carbocycles. The van der Waals surface area contributed by atoms with Gasteiger partial charge in [-0.2, -0.15) is 0 Å². The molecule has 1 spiro atoms. The first-order chi connectivity index (χ1) is 12.9. The largest absolute Gasteiger partial charge is 0.273 e. The Morgan fingerprint density at radius 3 is 2.22 bits per heavy atom. The van der Waals surface area contributed by atoms with E-state index in [9.17, 15) is 8.42 Å². The van der Waals surface area contributed by atoms with Crippen molar-refractivity contribution in [3.05, 3.63) is 83.6 Å². The smallest absolute Gasteiger partial charge is 0.264 e. The quantitative estimate of drug-likeness (QED) is 0.800. The zero-order valence-electron chi connectivity index (χ0n) is 15.5. The summed E-state index contributed by atoms with van der Waals surface area (Å²) in [7, 11) is -3.64. The highest BCUT2D eigenvalue weighted by Crippen LogP contribution is 2.47. The molecular formula is C22H22N2O2S. The van der Waals surface area contributed by atoms with Gasteiger partial charge in [0.2, 0.25) is 0 Å². The maximum absolute atomic E-state index is 13.4. The lowest BCUT2D eigenvalue weighted by molar-refractivity contribution is 0.509. The second-order valence-electron chi connectivity index (χ2n) is 7.02. The molecule has 2 aliphatic heterocycles. The first kappa shape index (κ1) is 17.7. The van der Waals surface area contributed by atoms with Crippen LogP contribution in [0.5, 0.6) is 0 Å².